The van der Waals surface area contributed by atoms with Crippen LogP contribution in [0.2, 0.25) is 0 Å². The molecule has 1 aromatic rings. The number of aldehydes is 1. The van der Waals surface area contributed by atoms with Crippen LogP contribution < -0.4 is 0 Å². The largest absolute Gasteiger partial charge is 0.354 e. The number of hydrogen-bond acceptors (Lipinski definition) is 4. The lowest BCUT2D eigenvalue weighted by Crippen LogP contribution is -2.26. The van der Waals surface area contributed by atoms with Gasteiger partial charge in [-0.2, -0.15) is 10.2 Å². The molecule has 0 bridgehead atoms. The molecule has 2 heterocycles. The van der Waals surface area contributed by atoms with E-state index in [9.17, 15) is 4.79 Å². The summed E-state index contributed by atoms with van der Waals surface area (Å²) in [5.41, 5.74) is 0.593. The van der Waals surface area contributed by atoms with Crippen molar-refractivity contribution in [1.82, 2.24) is 19.9 Å². The Morgan fingerprint density at radius 3 is 2.79 bits per heavy atom. The first-order chi connectivity index (χ1) is 6.83. The second-order valence-corrected chi connectivity index (χ2v) is 3.00. The predicted octanol–water partition coefficient (Wildman–Crippen LogP) is 0.147. The van der Waals surface area contributed by atoms with Gasteiger partial charge >= 0.3 is 0 Å². The molecule has 0 amide bonds. The van der Waals surface area contributed by atoms with Crippen LogP contribution in [0.4, 0.5) is 0 Å². The highest BCUT2D eigenvalue weighted by Crippen LogP contribution is 2.16. The van der Waals surface area contributed by atoms with Gasteiger partial charge in [0, 0.05) is 13.6 Å². The van der Waals surface area contributed by atoms with Crippen molar-refractivity contribution in [1.29, 1.82) is 0 Å². The highest BCUT2D eigenvalue weighted by atomic mass is 16.1. The summed E-state index contributed by atoms with van der Waals surface area (Å²) in [6, 6.07) is 0. The molecule has 1 aliphatic rings. The van der Waals surface area contributed by atoms with E-state index in [0.717, 1.165) is 12.8 Å². The van der Waals surface area contributed by atoms with E-state index in [4.69, 9.17) is 0 Å². The first-order valence-corrected chi connectivity index (χ1v) is 4.27. The Hall–Kier alpha value is -1.91. The number of allylic oxidation sites excluding steroid dienone is 2. The first kappa shape index (κ1) is 8.68. The normalized spacial score (nSPS) is 16.2. The fourth-order valence-corrected chi connectivity index (χ4v) is 1.40. The quantitative estimate of drug-likeness (QED) is 0.623. The fraction of sp³-hybridized carbons (Fsp3) is 0.222. The molecule has 1 aromatic heterocycles. The molecule has 5 heteroatoms. The van der Waals surface area contributed by atoms with Gasteiger partial charge in [0.2, 0.25) is 0 Å². The van der Waals surface area contributed by atoms with Crippen molar-refractivity contribution in [3.05, 3.63) is 30.1 Å². The van der Waals surface area contributed by atoms with E-state index in [-0.39, 0.29) is 0 Å². The van der Waals surface area contributed by atoms with Gasteiger partial charge in [-0.1, -0.05) is 12.2 Å². The van der Waals surface area contributed by atoms with Crippen LogP contribution in [-0.2, 0) is 4.79 Å². The maximum absolute atomic E-state index is 10.8. The molecule has 0 spiro atoms. The van der Waals surface area contributed by atoms with Crippen LogP contribution in [0, 0.1) is 0 Å². The van der Waals surface area contributed by atoms with Crippen LogP contribution in [-0.4, -0.2) is 39.8 Å². The summed E-state index contributed by atoms with van der Waals surface area (Å²) in [7, 11) is 1.89. The van der Waals surface area contributed by atoms with Gasteiger partial charge in [-0.25, -0.2) is 0 Å². The van der Waals surface area contributed by atoms with Crippen LogP contribution in [0.3, 0.4) is 0 Å². The molecule has 0 fully saturated rings. The average Bonchev–Trinajstić information content (AvgIpc) is 2.70. The molecule has 5 nitrogen and oxygen atoms in total. The zero-order valence-electron chi connectivity index (χ0n) is 7.79. The van der Waals surface area contributed by atoms with E-state index in [1.54, 1.807) is 18.5 Å². The summed E-state index contributed by atoms with van der Waals surface area (Å²) in [6.07, 6.45) is 7.69. The smallest absolute Gasteiger partial charge is 0.161 e. The zero-order valence-corrected chi connectivity index (χ0v) is 7.79. The van der Waals surface area contributed by atoms with Crippen molar-refractivity contribution in [3.8, 4) is 0 Å². The number of nitrogens with zero attached hydrogens (tertiary/aromatic N) is 4. The summed E-state index contributed by atoms with van der Waals surface area (Å²) in [5, 5.41) is 8.00. The van der Waals surface area contributed by atoms with Gasteiger partial charge in [0.1, 0.15) is 0 Å². The summed E-state index contributed by atoms with van der Waals surface area (Å²) in [4.78, 5) is 14.2. The molecule has 0 radical (unpaired) electrons. The highest BCUT2D eigenvalue weighted by molar-refractivity contribution is 5.86. The Kier molecular flexibility index (Phi) is 2.14. The molecule has 14 heavy (non-hydrogen) atoms. The van der Waals surface area contributed by atoms with Crippen LogP contribution in [0.1, 0.15) is 0 Å². The minimum absolute atomic E-state index is 0.593. The van der Waals surface area contributed by atoms with E-state index in [1.807, 2.05) is 18.0 Å². The maximum atomic E-state index is 10.8. The van der Waals surface area contributed by atoms with Gasteiger partial charge in [-0.3, -0.25) is 4.79 Å². The van der Waals surface area contributed by atoms with Crippen LogP contribution in [0.5, 0.6) is 0 Å². The predicted molar refractivity (Wildman–Crippen MR) is 51.1 cm³/mol. The zero-order chi connectivity index (χ0) is 9.97. The van der Waals surface area contributed by atoms with E-state index in [2.05, 4.69) is 10.2 Å². The SMILES string of the molecule is CN1CC=CC(C=O)=C1n1nccn1. The lowest BCUT2D eigenvalue weighted by Gasteiger charge is -2.23. The third kappa shape index (κ3) is 1.32. The molecule has 0 aliphatic carbocycles. The summed E-state index contributed by atoms with van der Waals surface area (Å²) < 4.78 is 0. The van der Waals surface area contributed by atoms with Crippen molar-refractivity contribution < 1.29 is 4.79 Å². The van der Waals surface area contributed by atoms with Gasteiger partial charge in [-0.15, -0.1) is 4.80 Å². The monoisotopic (exact) mass is 190 g/mol. The number of aromatic nitrogens is 3. The van der Waals surface area contributed by atoms with Gasteiger partial charge in [0.25, 0.3) is 0 Å². The average molecular weight is 190 g/mol. The number of likely N-dealkylation sites (N-methyl/N-ethyl adjacent to an activating group) is 1. The Morgan fingerprint density at radius 1 is 1.43 bits per heavy atom. The standard InChI is InChI=1S/C9H10N4O/c1-12-6-2-3-8(7-14)9(12)13-10-4-5-11-13/h2-5,7H,6H2,1H3. The molecular weight excluding hydrogens is 180 g/mol. The van der Waals surface area contributed by atoms with Gasteiger partial charge in [0.15, 0.2) is 12.1 Å². The third-order valence-corrected chi connectivity index (χ3v) is 2.03. The molecule has 1 aliphatic heterocycles. The number of hydrogen-bond donors (Lipinski definition) is 0. The van der Waals surface area contributed by atoms with E-state index >= 15 is 0 Å². The summed E-state index contributed by atoms with van der Waals surface area (Å²) >= 11 is 0. The molecule has 0 saturated heterocycles. The van der Waals surface area contributed by atoms with E-state index in [1.165, 1.54) is 4.80 Å². The second-order valence-electron chi connectivity index (χ2n) is 3.00. The van der Waals surface area contributed by atoms with Crippen LogP contribution >= 0.6 is 0 Å². The first-order valence-electron chi connectivity index (χ1n) is 4.27. The summed E-state index contributed by atoms with van der Waals surface area (Å²) in [5.74, 6) is 0.715. The molecule has 0 unspecified atom stereocenters. The van der Waals surface area contributed by atoms with Crippen molar-refractivity contribution in [3.63, 3.8) is 0 Å². The van der Waals surface area contributed by atoms with E-state index < -0.39 is 0 Å². The Bertz CT molecular complexity index is 391. The number of carbonyl (C=O) groups is 1. The molecular formula is C9H10N4O. The van der Waals surface area contributed by atoms with Gasteiger partial charge in [-0.05, 0) is 0 Å². The molecule has 0 N–H and O–H groups in total. The number of rotatable bonds is 2. The third-order valence-electron chi connectivity index (χ3n) is 2.03. The van der Waals surface area contributed by atoms with Gasteiger partial charge < -0.3 is 4.90 Å². The fourth-order valence-electron chi connectivity index (χ4n) is 1.40. The molecule has 0 saturated carbocycles. The van der Waals surface area contributed by atoms with Crippen molar-refractivity contribution in [2.75, 3.05) is 13.6 Å². The van der Waals surface area contributed by atoms with E-state index in [0.29, 0.717) is 11.4 Å². The maximum Gasteiger partial charge on any atom is 0.161 e. The Labute approximate surface area is 81.3 Å². The van der Waals surface area contributed by atoms with Gasteiger partial charge in [0.05, 0.1) is 18.0 Å². The molecule has 2 rings (SSSR count). The summed E-state index contributed by atoms with van der Waals surface area (Å²) in [6.45, 7) is 0.758. The van der Waals surface area contributed by atoms with Crippen molar-refractivity contribution in [2.24, 2.45) is 0 Å². The lowest BCUT2D eigenvalue weighted by molar-refractivity contribution is -0.104. The van der Waals surface area contributed by atoms with Crippen molar-refractivity contribution >= 4 is 12.1 Å². The lowest BCUT2D eigenvalue weighted by atomic mass is 10.2. The molecule has 0 atom stereocenters. The Morgan fingerprint density at radius 2 is 2.14 bits per heavy atom. The highest BCUT2D eigenvalue weighted by Gasteiger charge is 2.15. The van der Waals surface area contributed by atoms with Crippen LogP contribution in [0.15, 0.2) is 30.1 Å². The topological polar surface area (TPSA) is 51.0 Å². The number of carbonyl (C=O) groups excluding carboxylic acids is 1. The second kappa shape index (κ2) is 3.45. The Balaban J connectivity index is 2.51. The molecule has 72 valence electrons. The minimum Gasteiger partial charge on any atom is -0.354 e. The van der Waals surface area contributed by atoms with Crippen molar-refractivity contribution in [2.45, 2.75) is 0 Å². The van der Waals surface area contributed by atoms with Crippen LogP contribution in [0.25, 0.3) is 5.82 Å². The molecule has 0 aromatic carbocycles. The minimum atomic E-state index is 0.593.